The number of carbonyl (C=O) groups is 1. The van der Waals surface area contributed by atoms with Crippen LogP contribution in [0, 0.1) is 11.8 Å². The lowest BCUT2D eigenvalue weighted by Crippen LogP contribution is -2.50. The first-order valence-corrected chi connectivity index (χ1v) is 6.11. The van der Waals surface area contributed by atoms with Gasteiger partial charge in [0.05, 0.1) is 6.54 Å². The molecule has 1 aromatic heterocycles. The molecule has 1 amide bonds. The van der Waals surface area contributed by atoms with E-state index < -0.39 is 0 Å². The molecule has 5 nitrogen and oxygen atoms in total. The highest BCUT2D eigenvalue weighted by Crippen LogP contribution is 2.17. The lowest BCUT2D eigenvalue weighted by molar-refractivity contribution is -0.136. The molecule has 0 radical (unpaired) electrons. The molecule has 2 rings (SSSR count). The smallest absolute Gasteiger partial charge is 0.225 e. The van der Waals surface area contributed by atoms with Gasteiger partial charge in [-0.1, -0.05) is 6.92 Å². The van der Waals surface area contributed by atoms with Crippen LogP contribution in [0.25, 0.3) is 0 Å². The van der Waals surface area contributed by atoms with Gasteiger partial charge in [-0.05, 0) is 25.1 Å². The summed E-state index contributed by atoms with van der Waals surface area (Å²) in [4.78, 5) is 13.9. The van der Waals surface area contributed by atoms with Gasteiger partial charge in [0.2, 0.25) is 5.91 Å². The molecule has 0 spiro atoms. The number of aromatic nitrogens is 2. The summed E-state index contributed by atoms with van der Waals surface area (Å²) in [5.74, 6) is 0.872. The van der Waals surface area contributed by atoms with Gasteiger partial charge in [-0.15, -0.1) is 0 Å². The van der Waals surface area contributed by atoms with Gasteiger partial charge in [0, 0.05) is 31.9 Å². The molecule has 1 atom stereocenters. The van der Waals surface area contributed by atoms with Crippen LogP contribution in [-0.2, 0) is 11.3 Å². The third-order valence-electron chi connectivity index (χ3n) is 3.51. The van der Waals surface area contributed by atoms with E-state index in [-0.39, 0.29) is 11.8 Å². The number of hydrogen-bond donors (Lipinski definition) is 1. The summed E-state index contributed by atoms with van der Waals surface area (Å²) in [5, 5.41) is 7.33. The van der Waals surface area contributed by atoms with E-state index in [2.05, 4.69) is 10.4 Å². The van der Waals surface area contributed by atoms with Gasteiger partial charge >= 0.3 is 0 Å². The SMILES string of the molecule is CC(C(=O)N(C)CCn1cccn1)C1CNC1. The van der Waals surface area contributed by atoms with Gasteiger partial charge in [0.1, 0.15) is 0 Å². The summed E-state index contributed by atoms with van der Waals surface area (Å²) >= 11 is 0. The molecule has 94 valence electrons. The van der Waals surface area contributed by atoms with Crippen LogP contribution in [0.4, 0.5) is 0 Å². The van der Waals surface area contributed by atoms with Crippen LogP contribution in [0.3, 0.4) is 0 Å². The third kappa shape index (κ3) is 2.85. The van der Waals surface area contributed by atoms with Crippen molar-refractivity contribution in [2.75, 3.05) is 26.7 Å². The topological polar surface area (TPSA) is 50.2 Å². The van der Waals surface area contributed by atoms with Crippen LogP contribution < -0.4 is 5.32 Å². The zero-order valence-electron chi connectivity index (χ0n) is 10.5. The fourth-order valence-corrected chi connectivity index (χ4v) is 2.01. The van der Waals surface area contributed by atoms with Gasteiger partial charge in [-0.25, -0.2) is 0 Å². The quantitative estimate of drug-likeness (QED) is 0.794. The number of hydrogen-bond acceptors (Lipinski definition) is 3. The standard InChI is InChI=1S/C12H20N4O/c1-10(11-8-13-9-11)12(17)15(2)6-7-16-5-3-4-14-16/h3-5,10-11,13H,6-9H2,1-2H3. The Kier molecular flexibility index (Phi) is 3.78. The molecule has 0 aliphatic carbocycles. The van der Waals surface area contributed by atoms with Gasteiger partial charge in [0.25, 0.3) is 0 Å². The molecule has 1 aromatic rings. The number of carbonyl (C=O) groups excluding carboxylic acids is 1. The molecule has 1 N–H and O–H groups in total. The van der Waals surface area contributed by atoms with E-state index in [1.807, 2.05) is 35.8 Å². The summed E-state index contributed by atoms with van der Waals surface area (Å²) < 4.78 is 1.85. The zero-order valence-corrected chi connectivity index (χ0v) is 10.5. The van der Waals surface area contributed by atoms with Crippen molar-refractivity contribution >= 4 is 5.91 Å². The lowest BCUT2D eigenvalue weighted by atomic mass is 9.88. The van der Waals surface area contributed by atoms with E-state index in [1.165, 1.54) is 0 Å². The van der Waals surface area contributed by atoms with Crippen molar-refractivity contribution < 1.29 is 4.79 Å². The minimum absolute atomic E-state index is 0.124. The fraction of sp³-hybridized carbons (Fsp3) is 0.667. The molecule has 0 saturated carbocycles. The first kappa shape index (κ1) is 12.1. The van der Waals surface area contributed by atoms with Gasteiger partial charge in [0.15, 0.2) is 0 Å². The maximum Gasteiger partial charge on any atom is 0.225 e. The number of amides is 1. The van der Waals surface area contributed by atoms with E-state index >= 15 is 0 Å². The molecule has 2 heterocycles. The van der Waals surface area contributed by atoms with Crippen molar-refractivity contribution in [1.29, 1.82) is 0 Å². The highest BCUT2D eigenvalue weighted by molar-refractivity contribution is 5.78. The third-order valence-corrected chi connectivity index (χ3v) is 3.51. The van der Waals surface area contributed by atoms with Crippen LogP contribution in [0.5, 0.6) is 0 Å². The van der Waals surface area contributed by atoms with Crippen molar-refractivity contribution in [1.82, 2.24) is 20.0 Å². The second kappa shape index (κ2) is 5.31. The minimum Gasteiger partial charge on any atom is -0.344 e. The number of likely N-dealkylation sites (N-methyl/N-ethyl adjacent to an activating group) is 1. The van der Waals surface area contributed by atoms with Crippen LogP contribution >= 0.6 is 0 Å². The van der Waals surface area contributed by atoms with Crippen molar-refractivity contribution in [2.24, 2.45) is 11.8 Å². The summed E-state index contributed by atoms with van der Waals surface area (Å²) in [5.41, 5.74) is 0. The van der Waals surface area contributed by atoms with E-state index in [9.17, 15) is 4.79 Å². The Morgan fingerprint density at radius 3 is 2.94 bits per heavy atom. The van der Waals surface area contributed by atoms with Crippen LogP contribution in [-0.4, -0.2) is 47.3 Å². The number of nitrogens with zero attached hydrogens (tertiary/aromatic N) is 3. The predicted molar refractivity (Wildman–Crippen MR) is 65.4 cm³/mol. The van der Waals surface area contributed by atoms with Crippen molar-refractivity contribution in [3.8, 4) is 0 Å². The highest BCUT2D eigenvalue weighted by Gasteiger charge is 2.30. The molecule has 1 aliphatic heterocycles. The molecule has 1 saturated heterocycles. The summed E-state index contributed by atoms with van der Waals surface area (Å²) in [6.45, 7) is 5.44. The second-order valence-corrected chi connectivity index (χ2v) is 4.74. The van der Waals surface area contributed by atoms with Crippen molar-refractivity contribution in [3.63, 3.8) is 0 Å². The van der Waals surface area contributed by atoms with E-state index in [1.54, 1.807) is 6.20 Å². The maximum absolute atomic E-state index is 12.1. The Bertz CT molecular complexity index is 359. The van der Waals surface area contributed by atoms with Crippen molar-refractivity contribution in [2.45, 2.75) is 13.5 Å². The Balaban J connectivity index is 1.78. The average Bonchev–Trinajstić information content (AvgIpc) is 2.75. The van der Waals surface area contributed by atoms with Gasteiger partial charge in [-0.2, -0.15) is 5.10 Å². The summed E-state index contributed by atoms with van der Waals surface area (Å²) in [7, 11) is 1.87. The Hall–Kier alpha value is -1.36. The molecule has 0 aromatic carbocycles. The Labute approximate surface area is 102 Å². The van der Waals surface area contributed by atoms with Crippen molar-refractivity contribution in [3.05, 3.63) is 18.5 Å². The fourth-order valence-electron chi connectivity index (χ4n) is 2.01. The number of rotatable bonds is 5. The van der Waals surface area contributed by atoms with E-state index in [0.29, 0.717) is 12.5 Å². The summed E-state index contributed by atoms with van der Waals surface area (Å²) in [6.07, 6.45) is 3.67. The lowest BCUT2D eigenvalue weighted by Gasteiger charge is -2.33. The second-order valence-electron chi connectivity index (χ2n) is 4.74. The molecule has 1 fully saturated rings. The van der Waals surface area contributed by atoms with Gasteiger partial charge < -0.3 is 10.2 Å². The molecular weight excluding hydrogens is 216 g/mol. The first-order chi connectivity index (χ1) is 8.18. The molecular formula is C12H20N4O. The van der Waals surface area contributed by atoms with E-state index in [4.69, 9.17) is 0 Å². The summed E-state index contributed by atoms with van der Waals surface area (Å²) in [6, 6.07) is 1.89. The zero-order chi connectivity index (χ0) is 12.3. The monoisotopic (exact) mass is 236 g/mol. The number of nitrogens with one attached hydrogen (secondary N) is 1. The molecule has 1 aliphatic rings. The van der Waals surface area contributed by atoms with Crippen LogP contribution in [0.15, 0.2) is 18.5 Å². The van der Waals surface area contributed by atoms with Crippen LogP contribution in [0.1, 0.15) is 6.92 Å². The largest absolute Gasteiger partial charge is 0.344 e. The molecule has 0 bridgehead atoms. The average molecular weight is 236 g/mol. The van der Waals surface area contributed by atoms with Crippen LogP contribution in [0.2, 0.25) is 0 Å². The normalized spacial score (nSPS) is 17.5. The first-order valence-electron chi connectivity index (χ1n) is 6.11. The van der Waals surface area contributed by atoms with Gasteiger partial charge in [-0.3, -0.25) is 9.48 Å². The van der Waals surface area contributed by atoms with E-state index in [0.717, 1.165) is 19.6 Å². The molecule has 1 unspecified atom stereocenters. The Morgan fingerprint density at radius 2 is 2.41 bits per heavy atom. The molecule has 17 heavy (non-hydrogen) atoms. The molecule has 5 heteroatoms. The Morgan fingerprint density at radius 1 is 1.65 bits per heavy atom. The highest BCUT2D eigenvalue weighted by atomic mass is 16.2. The predicted octanol–water partition coefficient (Wildman–Crippen LogP) is 0.197. The minimum atomic E-state index is 0.124. The maximum atomic E-state index is 12.1.